The third-order valence-electron chi connectivity index (χ3n) is 2.43. The van der Waals surface area contributed by atoms with Crippen LogP contribution >= 0.6 is 15.9 Å². The van der Waals surface area contributed by atoms with Gasteiger partial charge in [0.05, 0.1) is 7.11 Å². The molecule has 1 amide bonds. The van der Waals surface area contributed by atoms with Gasteiger partial charge in [-0.1, -0.05) is 27.6 Å². The van der Waals surface area contributed by atoms with Gasteiger partial charge in [-0.05, 0) is 31.5 Å². The van der Waals surface area contributed by atoms with Gasteiger partial charge in [0.2, 0.25) is 0 Å². The Kier molecular flexibility index (Phi) is 5.76. The summed E-state index contributed by atoms with van der Waals surface area (Å²) in [6.07, 6.45) is 0.354. The third-order valence-corrected chi connectivity index (χ3v) is 2.92. The van der Waals surface area contributed by atoms with Gasteiger partial charge in [-0.3, -0.25) is 4.79 Å². The van der Waals surface area contributed by atoms with Crippen LogP contribution in [0.4, 0.5) is 0 Å². The summed E-state index contributed by atoms with van der Waals surface area (Å²) in [4.78, 5) is 23.6. The van der Waals surface area contributed by atoms with E-state index in [4.69, 9.17) is 0 Å². The van der Waals surface area contributed by atoms with Crippen molar-refractivity contribution in [1.29, 1.82) is 0 Å². The molecule has 0 aliphatic rings. The number of rotatable bonds is 5. The molecule has 0 aliphatic carbocycles. The Morgan fingerprint density at radius 2 is 2.16 bits per heavy atom. The molecule has 19 heavy (non-hydrogen) atoms. The van der Waals surface area contributed by atoms with Crippen molar-refractivity contribution >= 4 is 27.8 Å². The average Bonchev–Trinajstić information content (AvgIpc) is 2.36. The van der Waals surface area contributed by atoms with Crippen LogP contribution in [0.15, 0.2) is 40.9 Å². The van der Waals surface area contributed by atoms with Gasteiger partial charge in [0.25, 0.3) is 5.91 Å². The van der Waals surface area contributed by atoms with E-state index in [1.165, 1.54) is 7.11 Å². The van der Waals surface area contributed by atoms with Gasteiger partial charge in [-0.2, -0.15) is 0 Å². The smallest absolute Gasteiger partial charge is 0.328 e. The predicted octanol–water partition coefficient (Wildman–Crippen LogP) is 2.69. The lowest BCUT2D eigenvalue weighted by atomic mass is 10.1. The monoisotopic (exact) mass is 325 g/mol. The molecule has 0 radical (unpaired) electrons. The summed E-state index contributed by atoms with van der Waals surface area (Å²) in [6, 6.07) is 6.22. The fourth-order valence-corrected chi connectivity index (χ4v) is 1.95. The predicted molar refractivity (Wildman–Crippen MR) is 76.8 cm³/mol. The number of hydrogen-bond acceptors (Lipinski definition) is 3. The molecule has 0 saturated carbocycles. The minimum absolute atomic E-state index is 0.321. The number of carbonyl (C=O) groups is 2. The summed E-state index contributed by atoms with van der Waals surface area (Å²) in [5.41, 5.74) is 1.27. The molecule has 0 heterocycles. The lowest BCUT2D eigenvalue weighted by Crippen LogP contribution is -2.41. The zero-order valence-electron chi connectivity index (χ0n) is 10.9. The van der Waals surface area contributed by atoms with Crippen LogP contribution in [0.5, 0.6) is 0 Å². The number of methoxy groups -OCH3 is 1. The van der Waals surface area contributed by atoms with E-state index in [0.29, 0.717) is 12.0 Å². The largest absolute Gasteiger partial charge is 0.467 e. The molecule has 1 aromatic carbocycles. The maximum absolute atomic E-state index is 12.0. The zero-order valence-corrected chi connectivity index (χ0v) is 12.5. The van der Waals surface area contributed by atoms with Crippen molar-refractivity contribution in [3.05, 3.63) is 46.5 Å². The number of esters is 1. The van der Waals surface area contributed by atoms with Crippen LogP contribution in [-0.2, 0) is 9.53 Å². The third kappa shape index (κ3) is 4.87. The molecule has 0 aliphatic heterocycles. The van der Waals surface area contributed by atoms with Crippen LogP contribution in [0.1, 0.15) is 23.7 Å². The molecule has 0 unspecified atom stereocenters. The Morgan fingerprint density at radius 3 is 2.68 bits per heavy atom. The second-order valence-corrected chi connectivity index (χ2v) is 5.14. The van der Waals surface area contributed by atoms with E-state index in [-0.39, 0.29) is 5.91 Å². The SMILES string of the molecule is C=C(C)C[C@H](NC(=O)c1cccc(Br)c1)C(=O)OC. The number of carbonyl (C=O) groups excluding carboxylic acids is 2. The normalized spacial score (nSPS) is 11.5. The van der Waals surface area contributed by atoms with Crippen LogP contribution in [0, 0.1) is 0 Å². The number of ether oxygens (including phenoxy) is 1. The highest BCUT2D eigenvalue weighted by Gasteiger charge is 2.22. The van der Waals surface area contributed by atoms with Crippen LogP contribution in [0.25, 0.3) is 0 Å². The Balaban J connectivity index is 2.81. The minimum atomic E-state index is -0.714. The fraction of sp³-hybridized carbons (Fsp3) is 0.286. The molecule has 0 aromatic heterocycles. The van der Waals surface area contributed by atoms with Gasteiger partial charge in [-0.25, -0.2) is 4.79 Å². The van der Waals surface area contributed by atoms with Crippen molar-refractivity contribution < 1.29 is 14.3 Å². The maximum atomic E-state index is 12.0. The quantitative estimate of drug-likeness (QED) is 0.669. The Hall–Kier alpha value is -1.62. The molecule has 0 saturated heterocycles. The number of nitrogens with one attached hydrogen (secondary N) is 1. The second kappa shape index (κ2) is 7.09. The van der Waals surface area contributed by atoms with Crippen molar-refractivity contribution in [1.82, 2.24) is 5.32 Å². The van der Waals surface area contributed by atoms with Gasteiger partial charge in [0.1, 0.15) is 6.04 Å². The molecule has 0 bridgehead atoms. The van der Waals surface area contributed by atoms with E-state index in [1.807, 2.05) is 6.07 Å². The highest BCUT2D eigenvalue weighted by atomic mass is 79.9. The van der Waals surface area contributed by atoms with Gasteiger partial charge < -0.3 is 10.1 Å². The first-order valence-electron chi connectivity index (χ1n) is 5.72. The first-order valence-corrected chi connectivity index (χ1v) is 6.52. The summed E-state index contributed by atoms with van der Waals surface area (Å²) >= 11 is 3.29. The molecule has 1 rings (SSSR count). The van der Waals surface area contributed by atoms with E-state index in [9.17, 15) is 9.59 Å². The molecule has 102 valence electrons. The topological polar surface area (TPSA) is 55.4 Å². The molecular weight excluding hydrogens is 310 g/mol. The van der Waals surface area contributed by atoms with Crippen molar-refractivity contribution in [2.24, 2.45) is 0 Å². The van der Waals surface area contributed by atoms with Crippen LogP contribution in [-0.4, -0.2) is 25.0 Å². The summed E-state index contributed by atoms with van der Waals surface area (Å²) in [7, 11) is 1.29. The van der Waals surface area contributed by atoms with Crippen LogP contribution < -0.4 is 5.32 Å². The molecular formula is C14H16BrNO3. The molecule has 1 atom stereocenters. The molecule has 0 fully saturated rings. The van der Waals surface area contributed by atoms with E-state index in [1.54, 1.807) is 25.1 Å². The average molecular weight is 326 g/mol. The van der Waals surface area contributed by atoms with Crippen molar-refractivity contribution in [2.75, 3.05) is 7.11 Å². The zero-order chi connectivity index (χ0) is 14.4. The number of halogens is 1. The number of hydrogen-bond donors (Lipinski definition) is 1. The van der Waals surface area contributed by atoms with Gasteiger partial charge in [0, 0.05) is 10.0 Å². The minimum Gasteiger partial charge on any atom is -0.467 e. The molecule has 5 heteroatoms. The Bertz CT molecular complexity index is 499. The molecule has 1 aromatic rings. The Morgan fingerprint density at radius 1 is 1.47 bits per heavy atom. The second-order valence-electron chi connectivity index (χ2n) is 4.22. The lowest BCUT2D eigenvalue weighted by Gasteiger charge is -2.16. The fourth-order valence-electron chi connectivity index (χ4n) is 1.56. The van der Waals surface area contributed by atoms with E-state index >= 15 is 0 Å². The standard InChI is InChI=1S/C14H16BrNO3/c1-9(2)7-12(14(18)19-3)16-13(17)10-5-4-6-11(15)8-10/h4-6,8,12H,1,7H2,2-3H3,(H,16,17)/t12-/m0/s1. The molecule has 4 nitrogen and oxygen atoms in total. The number of benzene rings is 1. The maximum Gasteiger partial charge on any atom is 0.328 e. The van der Waals surface area contributed by atoms with Crippen LogP contribution in [0.3, 0.4) is 0 Å². The van der Waals surface area contributed by atoms with Crippen LogP contribution in [0.2, 0.25) is 0 Å². The summed E-state index contributed by atoms with van der Waals surface area (Å²) < 4.78 is 5.47. The van der Waals surface area contributed by atoms with Crippen molar-refractivity contribution in [2.45, 2.75) is 19.4 Å². The van der Waals surface area contributed by atoms with E-state index in [0.717, 1.165) is 10.0 Å². The summed E-state index contributed by atoms with van der Waals surface area (Å²) in [5, 5.41) is 2.65. The summed E-state index contributed by atoms with van der Waals surface area (Å²) in [6.45, 7) is 5.53. The Labute approximate surface area is 121 Å². The molecule has 0 spiro atoms. The van der Waals surface area contributed by atoms with Gasteiger partial charge in [-0.15, -0.1) is 6.58 Å². The highest BCUT2D eigenvalue weighted by molar-refractivity contribution is 9.10. The first kappa shape index (κ1) is 15.4. The van der Waals surface area contributed by atoms with Crippen molar-refractivity contribution in [3.8, 4) is 0 Å². The number of amides is 1. The van der Waals surface area contributed by atoms with Gasteiger partial charge >= 0.3 is 5.97 Å². The first-order chi connectivity index (χ1) is 8.93. The van der Waals surface area contributed by atoms with E-state index in [2.05, 4.69) is 32.6 Å². The molecule has 1 N–H and O–H groups in total. The van der Waals surface area contributed by atoms with Crippen molar-refractivity contribution in [3.63, 3.8) is 0 Å². The van der Waals surface area contributed by atoms with Gasteiger partial charge in [0.15, 0.2) is 0 Å². The lowest BCUT2D eigenvalue weighted by molar-refractivity contribution is -0.142. The van der Waals surface area contributed by atoms with E-state index < -0.39 is 12.0 Å². The highest BCUT2D eigenvalue weighted by Crippen LogP contribution is 2.12. The summed E-state index contributed by atoms with van der Waals surface area (Å²) in [5.74, 6) is -0.802.